The van der Waals surface area contributed by atoms with Crippen molar-refractivity contribution in [2.75, 3.05) is 165 Å². The molecule has 494 valence electrons. The van der Waals surface area contributed by atoms with E-state index < -0.39 is 29.2 Å². The van der Waals surface area contributed by atoms with Gasteiger partial charge in [0.15, 0.2) is 11.6 Å². The van der Waals surface area contributed by atoms with Crippen molar-refractivity contribution in [3.8, 4) is 5.75 Å². The van der Waals surface area contributed by atoms with Gasteiger partial charge in [0.1, 0.15) is 17.5 Å². The average molecular weight is 1250 g/mol. The Morgan fingerprint density at radius 3 is 1.81 bits per heavy atom. The number of amides is 2. The van der Waals surface area contributed by atoms with Gasteiger partial charge in [-0.15, -0.1) is 15.3 Å². The maximum atomic E-state index is 13.7. The first-order valence-electron chi connectivity index (χ1n) is 32.0. The molecule has 0 spiro atoms. The number of hydrogen-bond acceptors (Lipinski definition) is 19. The van der Waals surface area contributed by atoms with Gasteiger partial charge in [0.2, 0.25) is 17.6 Å². The second-order valence-corrected chi connectivity index (χ2v) is 23.4. The fraction of sp³-hybridized carbons (Fsp3) is 0.698. The number of halogens is 3. The molecule has 4 atom stereocenters. The lowest BCUT2D eigenvalue weighted by molar-refractivity contribution is -0.143. The minimum absolute atomic E-state index is 0.0405. The Hall–Kier alpha value is -5.52. The summed E-state index contributed by atoms with van der Waals surface area (Å²) in [6.45, 7) is 20.6. The molecule has 89 heavy (non-hydrogen) atoms. The maximum Gasteiger partial charge on any atom is 0.313 e. The van der Waals surface area contributed by atoms with Crippen molar-refractivity contribution in [2.24, 2.45) is 5.92 Å². The normalized spacial score (nSPS) is 18.6. The molecule has 0 aliphatic carbocycles. The molecule has 0 radical (unpaired) electrons. The van der Waals surface area contributed by atoms with Crippen molar-refractivity contribution in [1.82, 2.24) is 54.7 Å². The van der Waals surface area contributed by atoms with Crippen molar-refractivity contribution < 1.29 is 70.2 Å². The van der Waals surface area contributed by atoms with Crippen LogP contribution in [0.2, 0.25) is 0 Å². The number of carbonyl (C=O) groups is 3. The zero-order valence-corrected chi connectivity index (χ0v) is 52.3. The van der Waals surface area contributed by atoms with Crippen LogP contribution in [0.4, 0.5) is 13.2 Å². The van der Waals surface area contributed by atoms with Crippen molar-refractivity contribution in [2.45, 2.75) is 115 Å². The fourth-order valence-electron chi connectivity index (χ4n) is 11.9. The molecular weight excluding hydrogens is 1160 g/mol. The second-order valence-electron chi connectivity index (χ2n) is 23.4. The maximum absolute atomic E-state index is 13.7. The molecule has 4 fully saturated rings. The Morgan fingerprint density at radius 1 is 0.640 bits per heavy atom. The Kier molecular flexibility index (Phi) is 29.4. The third kappa shape index (κ3) is 22.7. The van der Waals surface area contributed by atoms with E-state index in [1.165, 1.54) is 12.8 Å². The molecule has 1 N–H and O–H groups in total. The van der Waals surface area contributed by atoms with Crippen molar-refractivity contribution in [1.29, 1.82) is 0 Å². The number of nitrogens with one attached hydrogen (secondary N) is 1. The van der Waals surface area contributed by atoms with E-state index in [9.17, 15) is 27.6 Å². The summed E-state index contributed by atoms with van der Waals surface area (Å²) in [6.07, 6.45) is 9.57. The van der Waals surface area contributed by atoms with Gasteiger partial charge in [0.05, 0.1) is 142 Å². The number of carbonyl (C=O) groups excluding carboxylic acids is 3. The molecule has 2 bridgehead atoms. The molecule has 4 aromatic rings. The number of unbranched alkanes of at least 4 members (excludes halogenated alkanes) is 1. The highest BCUT2D eigenvalue weighted by Crippen LogP contribution is 2.46. The number of aromatic nitrogens is 6. The molecule has 23 nitrogen and oxygen atoms in total. The molecule has 6 heterocycles. The summed E-state index contributed by atoms with van der Waals surface area (Å²) in [5, 5.41) is 21.1. The Labute approximate surface area is 521 Å². The van der Waals surface area contributed by atoms with Crippen LogP contribution in [0.5, 0.6) is 5.75 Å². The van der Waals surface area contributed by atoms with Gasteiger partial charge >= 0.3 is 5.97 Å². The highest BCUT2D eigenvalue weighted by molar-refractivity contribution is 5.84. The first kappa shape index (κ1) is 69.4. The number of likely N-dealkylation sites (tertiary alicyclic amines) is 1. The summed E-state index contributed by atoms with van der Waals surface area (Å²) >= 11 is 0. The molecule has 4 saturated heterocycles. The predicted octanol–water partition coefficient (Wildman–Crippen LogP) is 5.36. The Balaban J connectivity index is 0.547. The number of ether oxygens (including phenoxy) is 9. The number of benzene rings is 2. The second kappa shape index (κ2) is 37.7. The number of rotatable bonds is 44. The SMILES string of the molecule is Cc1nnc(C(C)C)n1C1CC2CCC1N2CC[C@H](NC(=O)C1CN(C(=O)CCN2CCN(CCCCc3cn(CCOCCOCCOCCOCCOCCOCCOCCOCCC(=O)Oc4c(F)cc(F)cc4F)nn3)CC2)C1)c1ccccc1. The molecule has 2 aromatic heterocycles. The molecular formula is C63H94F3N11O12. The van der Waals surface area contributed by atoms with E-state index in [1.54, 1.807) is 0 Å². The molecule has 4 aliphatic heterocycles. The highest BCUT2D eigenvalue weighted by Gasteiger charge is 2.48. The fourth-order valence-corrected chi connectivity index (χ4v) is 11.9. The Morgan fingerprint density at radius 2 is 1.21 bits per heavy atom. The third-order valence-electron chi connectivity index (χ3n) is 16.7. The van der Waals surface area contributed by atoms with Gasteiger partial charge in [-0.25, -0.2) is 17.9 Å². The number of piperazine rings is 1. The lowest BCUT2D eigenvalue weighted by Crippen LogP contribution is -2.56. The van der Waals surface area contributed by atoms with Crippen LogP contribution >= 0.6 is 0 Å². The van der Waals surface area contributed by atoms with Gasteiger partial charge in [-0.05, 0) is 64.0 Å². The van der Waals surface area contributed by atoms with Crippen LogP contribution in [0.25, 0.3) is 0 Å². The van der Waals surface area contributed by atoms with Crippen LogP contribution < -0.4 is 10.1 Å². The van der Waals surface area contributed by atoms with E-state index in [-0.39, 0.29) is 50.0 Å². The first-order valence-corrected chi connectivity index (χ1v) is 32.0. The van der Waals surface area contributed by atoms with E-state index >= 15 is 0 Å². The summed E-state index contributed by atoms with van der Waals surface area (Å²) < 4.78 is 93.0. The van der Waals surface area contributed by atoms with Gasteiger partial charge < -0.3 is 67.2 Å². The lowest BCUT2D eigenvalue weighted by Gasteiger charge is -2.40. The molecule has 2 aromatic carbocycles. The standard InChI is InChI=1S/C63H94F3N11O12/c1-47(2)62-70-68-48(3)77(62)58-43-53-12-13-57(58)76(53)19-14-56(49-9-5-4-6-10-49)67-63(80)50-44-74(45-50)59(78)15-18-73-22-20-72(21-23-73)17-8-7-11-52-46-75(71-69-52)24-26-82-28-30-84-32-34-86-36-38-88-40-39-87-37-35-85-33-31-83-29-27-81-25-16-60(79)89-61-54(65)41-51(64)42-55(61)66/h4-6,9-10,41-42,46-47,50,53,56-58H,7-8,11-40,43-45H2,1-3H3,(H,67,80)/t53?,56-,57?,58?/m0/s1. The minimum atomic E-state index is -1.30. The monoisotopic (exact) mass is 1250 g/mol. The van der Waals surface area contributed by atoms with Crippen LogP contribution in [0.3, 0.4) is 0 Å². The van der Waals surface area contributed by atoms with E-state index in [4.69, 9.17) is 37.9 Å². The molecule has 3 unspecified atom stereocenters. The van der Waals surface area contributed by atoms with Gasteiger partial charge in [-0.2, -0.15) is 0 Å². The van der Waals surface area contributed by atoms with E-state index in [1.807, 2.05) is 34.0 Å². The lowest BCUT2D eigenvalue weighted by atomic mass is 9.94. The van der Waals surface area contributed by atoms with Gasteiger partial charge in [0.25, 0.3) is 0 Å². The van der Waals surface area contributed by atoms with Crippen LogP contribution in [0, 0.1) is 30.3 Å². The molecule has 8 rings (SSSR count). The summed E-state index contributed by atoms with van der Waals surface area (Å²) in [6, 6.07) is 12.5. The molecule has 26 heteroatoms. The zero-order chi connectivity index (χ0) is 62.6. The number of hydrogen-bond donors (Lipinski definition) is 1. The van der Waals surface area contributed by atoms with E-state index in [2.05, 4.69) is 82.7 Å². The topological polar surface area (TPSA) is 221 Å². The summed E-state index contributed by atoms with van der Waals surface area (Å²) in [4.78, 5) is 48.2. The minimum Gasteiger partial charge on any atom is -0.420 e. The smallest absolute Gasteiger partial charge is 0.313 e. The quantitative estimate of drug-likeness (QED) is 0.0335. The number of fused-ring (bicyclic) bond motifs is 2. The molecule has 4 aliphatic rings. The van der Waals surface area contributed by atoms with Gasteiger partial charge in [-0.1, -0.05) is 49.4 Å². The molecule has 0 saturated carbocycles. The van der Waals surface area contributed by atoms with Crippen LogP contribution in [0.15, 0.2) is 48.7 Å². The van der Waals surface area contributed by atoms with E-state index in [0.717, 1.165) is 101 Å². The number of aryl methyl sites for hydroxylation is 2. The van der Waals surface area contributed by atoms with E-state index in [0.29, 0.717) is 148 Å². The zero-order valence-electron chi connectivity index (χ0n) is 52.3. The van der Waals surface area contributed by atoms with Crippen LogP contribution in [-0.4, -0.2) is 244 Å². The number of esters is 1. The first-order chi connectivity index (χ1) is 43.4. The third-order valence-corrected chi connectivity index (χ3v) is 16.7. The van der Waals surface area contributed by atoms with Crippen molar-refractivity contribution in [3.63, 3.8) is 0 Å². The summed E-state index contributed by atoms with van der Waals surface area (Å²) in [7, 11) is 0. The largest absolute Gasteiger partial charge is 0.420 e. The average Bonchev–Trinajstić information content (AvgIpc) is 1.76. The highest BCUT2D eigenvalue weighted by atomic mass is 19.1. The summed E-state index contributed by atoms with van der Waals surface area (Å²) in [5.41, 5.74) is 2.11. The van der Waals surface area contributed by atoms with Gasteiger partial charge in [-0.3, -0.25) is 19.3 Å². The van der Waals surface area contributed by atoms with Crippen LogP contribution in [-0.2, 0) is 65.2 Å². The molecule has 2 amide bonds. The Bertz CT molecular complexity index is 2700. The van der Waals surface area contributed by atoms with Crippen molar-refractivity contribution >= 4 is 17.8 Å². The van der Waals surface area contributed by atoms with Crippen molar-refractivity contribution in [3.05, 3.63) is 89.0 Å². The predicted molar refractivity (Wildman–Crippen MR) is 322 cm³/mol. The van der Waals surface area contributed by atoms with Gasteiger partial charge in [0, 0.05) is 95.1 Å². The summed E-state index contributed by atoms with van der Waals surface area (Å²) in [5.74, 6) is -3.19. The number of nitrogens with zero attached hydrogens (tertiary/aromatic N) is 10. The van der Waals surface area contributed by atoms with Crippen LogP contribution in [0.1, 0.15) is 106 Å².